The van der Waals surface area contributed by atoms with Gasteiger partial charge >= 0.3 is 0 Å². The normalized spacial score (nSPS) is 27.1. The van der Waals surface area contributed by atoms with Gasteiger partial charge in [-0.2, -0.15) is 0 Å². The molecular formula is C15H20BrN3O. The molecule has 20 heavy (non-hydrogen) atoms. The fourth-order valence-corrected chi connectivity index (χ4v) is 3.91. The molecule has 0 saturated carbocycles. The monoisotopic (exact) mass is 337 g/mol. The lowest BCUT2D eigenvalue weighted by atomic mass is 9.91. The Hall–Kier alpha value is -1.07. The van der Waals surface area contributed by atoms with Gasteiger partial charge in [-0.1, -0.05) is 6.07 Å². The Bertz CT molecular complexity index is 532. The molecule has 1 aromatic carbocycles. The first kappa shape index (κ1) is 13.9. The minimum Gasteiger partial charge on any atom is -0.365 e. The minimum absolute atomic E-state index is 0.0316. The van der Waals surface area contributed by atoms with E-state index in [1.54, 1.807) is 0 Å². The highest BCUT2D eigenvalue weighted by molar-refractivity contribution is 9.10. The molecule has 2 aliphatic heterocycles. The van der Waals surface area contributed by atoms with Crippen LogP contribution in [0.3, 0.4) is 0 Å². The molecule has 5 heteroatoms. The fourth-order valence-electron chi connectivity index (χ4n) is 3.29. The van der Waals surface area contributed by atoms with Crippen molar-refractivity contribution in [3.8, 4) is 0 Å². The van der Waals surface area contributed by atoms with Gasteiger partial charge in [0, 0.05) is 23.6 Å². The minimum atomic E-state index is 0.0316. The van der Waals surface area contributed by atoms with Crippen molar-refractivity contribution in [2.45, 2.75) is 31.8 Å². The number of piperidine rings is 1. The van der Waals surface area contributed by atoms with Gasteiger partial charge in [-0.15, -0.1) is 0 Å². The zero-order valence-corrected chi connectivity index (χ0v) is 13.2. The summed E-state index contributed by atoms with van der Waals surface area (Å²) in [5, 5.41) is 2.99. The van der Waals surface area contributed by atoms with Crippen LogP contribution in [-0.2, 0) is 4.79 Å². The van der Waals surface area contributed by atoms with Crippen molar-refractivity contribution in [2.75, 3.05) is 18.0 Å². The molecule has 0 spiro atoms. The molecule has 2 fully saturated rings. The number of fused-ring (bicyclic) bond motifs is 1. The van der Waals surface area contributed by atoms with E-state index >= 15 is 0 Å². The molecule has 2 heterocycles. The van der Waals surface area contributed by atoms with Gasteiger partial charge in [0.2, 0.25) is 5.91 Å². The van der Waals surface area contributed by atoms with E-state index in [0.29, 0.717) is 0 Å². The van der Waals surface area contributed by atoms with E-state index in [1.165, 1.54) is 5.69 Å². The second-order valence-corrected chi connectivity index (χ2v) is 6.61. The molecule has 1 aromatic rings. The van der Waals surface area contributed by atoms with Crippen LogP contribution < -0.4 is 16.0 Å². The lowest BCUT2D eigenvalue weighted by Gasteiger charge is -2.38. The van der Waals surface area contributed by atoms with Crippen molar-refractivity contribution in [1.82, 2.24) is 5.32 Å². The molecule has 0 aliphatic carbocycles. The van der Waals surface area contributed by atoms with Crippen LogP contribution in [0.2, 0.25) is 0 Å². The molecule has 3 rings (SSSR count). The van der Waals surface area contributed by atoms with E-state index in [-0.39, 0.29) is 23.9 Å². The van der Waals surface area contributed by atoms with Gasteiger partial charge in [0.1, 0.15) is 0 Å². The summed E-state index contributed by atoms with van der Waals surface area (Å²) >= 11 is 3.66. The number of amides is 1. The van der Waals surface area contributed by atoms with E-state index in [2.05, 4.69) is 44.3 Å². The first-order valence-electron chi connectivity index (χ1n) is 7.17. The number of nitrogens with one attached hydrogen (secondary N) is 1. The molecule has 2 unspecified atom stereocenters. The molecule has 2 saturated heterocycles. The van der Waals surface area contributed by atoms with E-state index in [9.17, 15) is 4.79 Å². The van der Waals surface area contributed by atoms with E-state index < -0.39 is 0 Å². The topological polar surface area (TPSA) is 58.4 Å². The quantitative estimate of drug-likeness (QED) is 0.869. The van der Waals surface area contributed by atoms with Crippen molar-refractivity contribution < 1.29 is 4.79 Å². The molecule has 3 atom stereocenters. The Kier molecular flexibility index (Phi) is 3.73. The SMILES string of the molecule is C[C@@H](N)c1ccc(N2CCCC3C(=O)NCC32)c(Br)c1. The van der Waals surface area contributed by atoms with Gasteiger partial charge in [-0.25, -0.2) is 0 Å². The Balaban J connectivity index is 1.90. The highest BCUT2D eigenvalue weighted by Gasteiger charge is 2.41. The number of carbonyl (C=O) groups is 1. The lowest BCUT2D eigenvalue weighted by Crippen LogP contribution is -2.45. The van der Waals surface area contributed by atoms with Gasteiger partial charge in [0.05, 0.1) is 17.6 Å². The van der Waals surface area contributed by atoms with Crippen LogP contribution in [0.4, 0.5) is 5.69 Å². The lowest BCUT2D eigenvalue weighted by molar-refractivity contribution is -0.122. The smallest absolute Gasteiger partial charge is 0.225 e. The van der Waals surface area contributed by atoms with Crippen molar-refractivity contribution >= 4 is 27.5 Å². The Morgan fingerprint density at radius 2 is 2.30 bits per heavy atom. The van der Waals surface area contributed by atoms with Gasteiger partial charge in [0.15, 0.2) is 0 Å². The van der Waals surface area contributed by atoms with Gasteiger partial charge in [-0.05, 0) is 53.4 Å². The molecule has 0 bridgehead atoms. The Morgan fingerprint density at radius 3 is 3.00 bits per heavy atom. The van der Waals surface area contributed by atoms with Crippen molar-refractivity contribution in [3.05, 3.63) is 28.2 Å². The van der Waals surface area contributed by atoms with Gasteiger partial charge < -0.3 is 16.0 Å². The molecule has 2 aliphatic rings. The molecule has 0 radical (unpaired) electrons. The number of anilines is 1. The highest BCUT2D eigenvalue weighted by Crippen LogP contribution is 2.36. The Labute approximate surface area is 127 Å². The standard InChI is InChI=1S/C15H20BrN3O/c1-9(17)10-4-5-13(12(16)7-10)19-6-2-3-11-14(19)8-18-15(11)20/h4-5,7,9,11,14H,2-3,6,8,17H2,1H3,(H,18,20)/t9-,11?,14?/m1/s1. The summed E-state index contributed by atoms with van der Waals surface area (Å²) in [5.41, 5.74) is 8.21. The van der Waals surface area contributed by atoms with Crippen molar-refractivity contribution in [1.29, 1.82) is 0 Å². The third kappa shape index (κ3) is 2.33. The van der Waals surface area contributed by atoms with Crippen molar-refractivity contribution in [3.63, 3.8) is 0 Å². The van der Waals surface area contributed by atoms with Crippen LogP contribution in [0.25, 0.3) is 0 Å². The van der Waals surface area contributed by atoms with Gasteiger partial charge in [0.25, 0.3) is 0 Å². The van der Waals surface area contributed by atoms with Crippen LogP contribution in [0, 0.1) is 5.92 Å². The molecule has 0 aromatic heterocycles. The largest absolute Gasteiger partial charge is 0.365 e. The van der Waals surface area contributed by atoms with Crippen LogP contribution >= 0.6 is 15.9 Å². The summed E-state index contributed by atoms with van der Waals surface area (Å²) in [6, 6.07) is 6.61. The third-order valence-electron chi connectivity index (χ3n) is 4.41. The predicted molar refractivity (Wildman–Crippen MR) is 83.6 cm³/mol. The number of rotatable bonds is 2. The van der Waals surface area contributed by atoms with Crippen LogP contribution in [0.5, 0.6) is 0 Å². The zero-order chi connectivity index (χ0) is 14.3. The summed E-state index contributed by atoms with van der Waals surface area (Å²) in [4.78, 5) is 14.2. The second-order valence-electron chi connectivity index (χ2n) is 5.75. The van der Waals surface area contributed by atoms with Crippen LogP contribution in [0.1, 0.15) is 31.4 Å². The number of hydrogen-bond acceptors (Lipinski definition) is 3. The first-order valence-corrected chi connectivity index (χ1v) is 7.96. The number of halogens is 1. The highest BCUT2D eigenvalue weighted by atomic mass is 79.9. The average Bonchev–Trinajstić information content (AvgIpc) is 2.81. The molecular weight excluding hydrogens is 318 g/mol. The summed E-state index contributed by atoms with van der Waals surface area (Å²) in [5.74, 6) is 0.354. The van der Waals surface area contributed by atoms with E-state index in [0.717, 1.165) is 36.0 Å². The number of nitrogens with zero attached hydrogens (tertiary/aromatic N) is 1. The maximum Gasteiger partial charge on any atom is 0.225 e. The summed E-state index contributed by atoms with van der Waals surface area (Å²) in [6.07, 6.45) is 2.07. The van der Waals surface area contributed by atoms with Gasteiger partial charge in [-0.3, -0.25) is 4.79 Å². The molecule has 108 valence electrons. The molecule has 4 nitrogen and oxygen atoms in total. The number of carbonyl (C=O) groups excluding carboxylic acids is 1. The molecule has 3 N–H and O–H groups in total. The Morgan fingerprint density at radius 1 is 1.50 bits per heavy atom. The average molecular weight is 338 g/mol. The number of nitrogens with two attached hydrogens (primary N) is 1. The number of hydrogen-bond donors (Lipinski definition) is 2. The second kappa shape index (κ2) is 5.37. The zero-order valence-electron chi connectivity index (χ0n) is 11.6. The maximum atomic E-state index is 11.8. The first-order chi connectivity index (χ1) is 9.58. The van der Waals surface area contributed by atoms with Crippen LogP contribution in [-0.4, -0.2) is 25.0 Å². The van der Waals surface area contributed by atoms with Crippen molar-refractivity contribution in [2.24, 2.45) is 11.7 Å². The van der Waals surface area contributed by atoms with E-state index in [4.69, 9.17) is 5.73 Å². The maximum absolute atomic E-state index is 11.8. The fraction of sp³-hybridized carbons (Fsp3) is 0.533. The van der Waals surface area contributed by atoms with E-state index in [1.807, 2.05) is 6.92 Å². The number of benzene rings is 1. The van der Waals surface area contributed by atoms with Crippen LogP contribution in [0.15, 0.2) is 22.7 Å². The summed E-state index contributed by atoms with van der Waals surface area (Å²) in [6.45, 7) is 3.75. The summed E-state index contributed by atoms with van der Waals surface area (Å²) in [7, 11) is 0. The summed E-state index contributed by atoms with van der Waals surface area (Å²) < 4.78 is 1.06. The third-order valence-corrected chi connectivity index (χ3v) is 5.04. The predicted octanol–water partition coefficient (Wildman–Crippen LogP) is 2.18. The molecule has 1 amide bonds.